The van der Waals surface area contributed by atoms with Gasteiger partial charge < -0.3 is 21.1 Å². The Hall–Kier alpha value is -1.70. The molecule has 2 fully saturated rings. The van der Waals surface area contributed by atoms with Crippen molar-refractivity contribution in [3.05, 3.63) is 0 Å². The number of aliphatic hydroxyl groups is 1. The summed E-state index contributed by atoms with van der Waals surface area (Å²) in [4.78, 5) is 37.5. The minimum absolute atomic E-state index is 0.0321. The van der Waals surface area contributed by atoms with Crippen LogP contribution in [0.15, 0.2) is 0 Å². The smallest absolute Gasteiger partial charge is 0.258 e. The number of carbonyl (C=O) groups is 3. The number of likely N-dealkylation sites (tertiary alicyclic amines) is 1. The molecule has 0 radical (unpaired) electrons. The van der Waals surface area contributed by atoms with E-state index in [-0.39, 0.29) is 25.8 Å². The largest absolute Gasteiger partial charge is 0.391 e. The number of hydrogen-bond donors (Lipinski definition) is 3. The number of halogens is 1. The lowest BCUT2D eigenvalue weighted by Gasteiger charge is -2.35. The Morgan fingerprint density at radius 3 is 2.35 bits per heavy atom. The van der Waals surface area contributed by atoms with Crippen LogP contribution in [0.4, 0.5) is 4.39 Å². The van der Waals surface area contributed by atoms with E-state index >= 15 is 0 Å². The normalized spacial score (nSPS) is 27.4. The number of nitrogens with two attached hydrogens (primary N) is 1. The number of carbonyl (C=O) groups excluding carboxylic acids is 3. The Morgan fingerprint density at radius 1 is 1.35 bits per heavy atom. The molecule has 2 rings (SSSR count). The van der Waals surface area contributed by atoms with Crippen molar-refractivity contribution in [1.29, 1.82) is 0 Å². The number of β-amino-alcohol motifs (C(OH)–C–C–N with tert-alkyl or cyclic N) is 1. The summed E-state index contributed by atoms with van der Waals surface area (Å²) in [6.07, 6.45) is -0.477. The van der Waals surface area contributed by atoms with Crippen molar-refractivity contribution in [3.63, 3.8) is 0 Å². The molecule has 0 bridgehead atoms. The van der Waals surface area contributed by atoms with E-state index in [9.17, 15) is 23.9 Å². The summed E-state index contributed by atoms with van der Waals surface area (Å²) in [5, 5.41) is 12.2. The van der Waals surface area contributed by atoms with Gasteiger partial charge in [0.2, 0.25) is 11.8 Å². The lowest BCUT2D eigenvalue weighted by atomic mass is 9.85. The second-order valence-electron chi connectivity index (χ2n) is 7.54. The van der Waals surface area contributed by atoms with Gasteiger partial charge in [0.25, 0.3) is 5.91 Å². The zero-order valence-corrected chi connectivity index (χ0v) is 13.6. The van der Waals surface area contributed by atoms with E-state index in [1.54, 1.807) is 20.8 Å². The van der Waals surface area contributed by atoms with Crippen molar-refractivity contribution in [1.82, 2.24) is 10.2 Å². The SMILES string of the molecule is CC(C)(C)[C@H](NC(=O)C1(F)CC1)C(=O)N1C[C@H](O)C[C@H]1C(N)=O. The van der Waals surface area contributed by atoms with Crippen LogP contribution in [0.1, 0.15) is 40.0 Å². The van der Waals surface area contributed by atoms with E-state index in [4.69, 9.17) is 5.73 Å². The van der Waals surface area contributed by atoms with E-state index in [1.807, 2.05) is 0 Å². The molecule has 7 nitrogen and oxygen atoms in total. The second kappa shape index (κ2) is 5.74. The number of aliphatic hydroxyl groups excluding tert-OH is 1. The van der Waals surface area contributed by atoms with Gasteiger partial charge in [-0.3, -0.25) is 14.4 Å². The summed E-state index contributed by atoms with van der Waals surface area (Å²) < 4.78 is 13.9. The lowest BCUT2D eigenvalue weighted by molar-refractivity contribution is -0.144. The molecule has 4 N–H and O–H groups in total. The molecule has 0 aromatic rings. The van der Waals surface area contributed by atoms with Crippen LogP contribution in [0.5, 0.6) is 0 Å². The molecular weight excluding hydrogens is 305 g/mol. The van der Waals surface area contributed by atoms with E-state index < -0.39 is 47.0 Å². The van der Waals surface area contributed by atoms with Gasteiger partial charge in [0.05, 0.1) is 6.10 Å². The Balaban J connectivity index is 2.19. The van der Waals surface area contributed by atoms with Gasteiger partial charge in [-0.1, -0.05) is 20.8 Å². The third kappa shape index (κ3) is 3.63. The summed E-state index contributed by atoms with van der Waals surface area (Å²) in [6, 6.07) is -1.92. The van der Waals surface area contributed by atoms with Crippen molar-refractivity contribution in [3.8, 4) is 0 Å². The summed E-state index contributed by atoms with van der Waals surface area (Å²) in [5.41, 5.74) is 2.71. The lowest BCUT2D eigenvalue weighted by Crippen LogP contribution is -2.58. The number of amides is 3. The van der Waals surface area contributed by atoms with Crippen LogP contribution in [0.3, 0.4) is 0 Å². The Labute approximate surface area is 134 Å². The van der Waals surface area contributed by atoms with E-state index in [0.717, 1.165) is 0 Å². The van der Waals surface area contributed by atoms with Crippen LogP contribution >= 0.6 is 0 Å². The molecule has 23 heavy (non-hydrogen) atoms. The summed E-state index contributed by atoms with van der Waals surface area (Å²) >= 11 is 0. The van der Waals surface area contributed by atoms with Crippen molar-refractivity contribution in [2.24, 2.45) is 11.1 Å². The highest BCUT2D eigenvalue weighted by atomic mass is 19.1. The molecule has 1 aliphatic heterocycles. The molecule has 0 aromatic heterocycles. The van der Waals surface area contributed by atoms with Crippen LogP contribution in [0.25, 0.3) is 0 Å². The maximum Gasteiger partial charge on any atom is 0.258 e. The number of nitrogens with zero attached hydrogens (tertiary/aromatic N) is 1. The first kappa shape index (κ1) is 17.7. The number of alkyl halides is 1. The number of nitrogens with one attached hydrogen (secondary N) is 1. The molecule has 3 amide bonds. The summed E-state index contributed by atoms with van der Waals surface area (Å²) in [7, 11) is 0. The topological polar surface area (TPSA) is 113 Å². The summed E-state index contributed by atoms with van der Waals surface area (Å²) in [5.74, 6) is -2.05. The molecule has 1 aliphatic carbocycles. The van der Waals surface area contributed by atoms with E-state index in [0.29, 0.717) is 0 Å². The molecule has 130 valence electrons. The molecular formula is C15H24FN3O4. The van der Waals surface area contributed by atoms with Crippen LogP contribution in [0.2, 0.25) is 0 Å². The van der Waals surface area contributed by atoms with Gasteiger partial charge in [-0.25, -0.2) is 4.39 Å². The van der Waals surface area contributed by atoms with Gasteiger partial charge in [-0.05, 0) is 18.3 Å². The number of hydrogen-bond acceptors (Lipinski definition) is 4. The van der Waals surface area contributed by atoms with Crippen LogP contribution in [-0.4, -0.2) is 58.1 Å². The molecule has 0 unspecified atom stereocenters. The van der Waals surface area contributed by atoms with Gasteiger partial charge in [-0.15, -0.1) is 0 Å². The Morgan fingerprint density at radius 2 is 1.91 bits per heavy atom. The maximum atomic E-state index is 13.9. The van der Waals surface area contributed by atoms with Gasteiger partial charge >= 0.3 is 0 Å². The van der Waals surface area contributed by atoms with Gasteiger partial charge in [0, 0.05) is 13.0 Å². The zero-order valence-electron chi connectivity index (χ0n) is 13.6. The third-order valence-corrected chi connectivity index (χ3v) is 4.37. The standard InChI is InChI=1S/C15H24FN3O4/c1-14(2,3)10(18-13(23)15(16)4-5-15)12(22)19-7-8(20)6-9(19)11(17)21/h8-10,20H,4-7H2,1-3H3,(H2,17,21)(H,18,23)/t8-,9+,10-/m1/s1. The highest BCUT2D eigenvalue weighted by Gasteiger charge is 2.53. The van der Waals surface area contributed by atoms with Crippen LogP contribution in [-0.2, 0) is 14.4 Å². The molecule has 1 saturated heterocycles. The first-order valence-electron chi connectivity index (χ1n) is 7.73. The molecule has 1 saturated carbocycles. The van der Waals surface area contributed by atoms with Gasteiger partial charge in [0.15, 0.2) is 5.67 Å². The monoisotopic (exact) mass is 329 g/mol. The molecule has 8 heteroatoms. The van der Waals surface area contributed by atoms with Crippen LogP contribution < -0.4 is 11.1 Å². The maximum absolute atomic E-state index is 13.9. The minimum Gasteiger partial charge on any atom is -0.391 e. The first-order chi connectivity index (χ1) is 10.5. The van der Waals surface area contributed by atoms with Gasteiger partial charge in [-0.2, -0.15) is 0 Å². The quantitative estimate of drug-likeness (QED) is 0.643. The average molecular weight is 329 g/mol. The van der Waals surface area contributed by atoms with Crippen molar-refractivity contribution < 1.29 is 23.9 Å². The van der Waals surface area contributed by atoms with E-state index in [1.165, 1.54) is 4.90 Å². The highest BCUT2D eigenvalue weighted by molar-refractivity contribution is 5.95. The van der Waals surface area contributed by atoms with E-state index in [2.05, 4.69) is 5.32 Å². The Bertz CT molecular complexity index is 527. The van der Waals surface area contributed by atoms with Crippen molar-refractivity contribution in [2.75, 3.05) is 6.54 Å². The van der Waals surface area contributed by atoms with Crippen molar-refractivity contribution >= 4 is 17.7 Å². The Kier molecular flexibility index (Phi) is 4.40. The fourth-order valence-electron chi connectivity index (χ4n) is 2.74. The minimum atomic E-state index is -1.89. The zero-order chi connectivity index (χ0) is 17.6. The van der Waals surface area contributed by atoms with Gasteiger partial charge in [0.1, 0.15) is 12.1 Å². The summed E-state index contributed by atoms with van der Waals surface area (Å²) in [6.45, 7) is 5.17. The molecule has 2 aliphatic rings. The molecule has 0 spiro atoms. The number of rotatable bonds is 4. The third-order valence-electron chi connectivity index (χ3n) is 4.37. The highest BCUT2D eigenvalue weighted by Crippen LogP contribution is 2.40. The predicted octanol–water partition coefficient (Wildman–Crippen LogP) is -0.533. The average Bonchev–Trinajstić information content (AvgIpc) is 3.04. The molecule has 1 heterocycles. The fraction of sp³-hybridized carbons (Fsp3) is 0.800. The second-order valence-corrected chi connectivity index (χ2v) is 7.54. The van der Waals surface area contributed by atoms with Crippen LogP contribution in [0, 0.1) is 5.41 Å². The molecule has 3 atom stereocenters. The van der Waals surface area contributed by atoms with Crippen molar-refractivity contribution in [2.45, 2.75) is 63.9 Å². The predicted molar refractivity (Wildman–Crippen MR) is 79.8 cm³/mol. The number of primary amides is 1. The molecule has 0 aromatic carbocycles. The fourth-order valence-corrected chi connectivity index (χ4v) is 2.74. The first-order valence-corrected chi connectivity index (χ1v) is 7.73.